The number of carboxylic acids is 1. The second kappa shape index (κ2) is 17.3. The van der Waals surface area contributed by atoms with Crippen LogP contribution in [0, 0.1) is 5.92 Å². The van der Waals surface area contributed by atoms with Crippen molar-refractivity contribution in [2.75, 3.05) is 59.5 Å². The molecule has 4 rings (SSSR count). The third-order valence-corrected chi connectivity index (χ3v) is 8.46. The number of rotatable bonds is 13. The summed E-state index contributed by atoms with van der Waals surface area (Å²) in [5.41, 5.74) is 2.52. The van der Waals surface area contributed by atoms with E-state index in [0.29, 0.717) is 53.0 Å². The van der Waals surface area contributed by atoms with Crippen molar-refractivity contribution in [3.63, 3.8) is 0 Å². The Balaban J connectivity index is 1.46. The molecule has 1 amide bonds. The first-order valence-electron chi connectivity index (χ1n) is 15.4. The van der Waals surface area contributed by atoms with Crippen LogP contribution in [0.2, 0.25) is 10.0 Å². The maximum atomic E-state index is 11.5. The smallest absolute Gasteiger partial charge is 0.406 e. The number of pyridine rings is 1. The van der Waals surface area contributed by atoms with Gasteiger partial charge in [-0.25, -0.2) is 14.8 Å². The molecule has 13 heteroatoms. The van der Waals surface area contributed by atoms with Crippen molar-refractivity contribution >= 4 is 42.0 Å². The molecule has 3 heterocycles. The molecule has 0 radical (unpaired) electrons. The van der Waals surface area contributed by atoms with E-state index in [1.165, 1.54) is 0 Å². The van der Waals surface area contributed by atoms with Crippen LogP contribution in [0.5, 0.6) is 5.88 Å². The summed E-state index contributed by atoms with van der Waals surface area (Å²) in [5, 5.41) is 12.5. The summed E-state index contributed by atoms with van der Waals surface area (Å²) in [5.74, 6) is 1.34. The number of benzene rings is 1. The van der Waals surface area contributed by atoms with Crippen LogP contribution in [0.25, 0.3) is 11.3 Å². The van der Waals surface area contributed by atoms with E-state index in [0.717, 1.165) is 69.1 Å². The van der Waals surface area contributed by atoms with E-state index in [9.17, 15) is 9.59 Å². The Morgan fingerprint density at radius 1 is 1.04 bits per heavy atom. The molecule has 2 N–H and O–H groups in total. The van der Waals surface area contributed by atoms with Gasteiger partial charge in [-0.1, -0.05) is 23.2 Å². The van der Waals surface area contributed by atoms with Crippen molar-refractivity contribution in [1.82, 2.24) is 25.0 Å². The summed E-state index contributed by atoms with van der Waals surface area (Å²) >= 11 is 12.7. The van der Waals surface area contributed by atoms with Gasteiger partial charge in [0.2, 0.25) is 5.88 Å². The number of aliphatic carboxylic acids is 1. The summed E-state index contributed by atoms with van der Waals surface area (Å²) in [4.78, 5) is 38.0. The van der Waals surface area contributed by atoms with Gasteiger partial charge in [-0.15, -0.1) is 0 Å². The lowest BCUT2D eigenvalue weighted by Crippen LogP contribution is -2.46. The molecule has 2 aliphatic heterocycles. The second-order valence-electron chi connectivity index (χ2n) is 11.5. The molecule has 0 spiro atoms. The van der Waals surface area contributed by atoms with Crippen LogP contribution in [-0.4, -0.2) is 103 Å². The molecule has 2 aliphatic rings. The summed E-state index contributed by atoms with van der Waals surface area (Å²) < 4.78 is 11.5. The van der Waals surface area contributed by atoms with Crippen LogP contribution < -0.4 is 10.1 Å². The van der Waals surface area contributed by atoms with Gasteiger partial charge in [-0.2, -0.15) is 0 Å². The van der Waals surface area contributed by atoms with Gasteiger partial charge < -0.3 is 24.8 Å². The number of amides is 1. The minimum atomic E-state index is -0.786. The fourth-order valence-corrected chi connectivity index (χ4v) is 6.02. The Kier molecular flexibility index (Phi) is 13.3. The van der Waals surface area contributed by atoms with E-state index in [4.69, 9.17) is 42.8 Å². The standard InChI is InChI=1S/C33H42Cl2N6O5/c1-23(4-5-30(36-2)41-14-12-39(13-15-41)11-8-32(42)43)46-31-17-25(16-29(38-31)26-18-27(34)20-28(35)19-26)21-40-9-6-24(7-10-40)22-45-33(44)37-3/h4-5,16-20,24H,2,6-15,21-22H2,1,3H3,(H,37,44)(H,42,43)/b23-4+,30-5+. The monoisotopic (exact) mass is 672 g/mol. The zero-order chi connectivity index (χ0) is 33.1. The fraction of sp³-hybridized carbons (Fsp3) is 0.455. The minimum Gasteiger partial charge on any atom is -0.481 e. The molecule has 0 atom stereocenters. The van der Waals surface area contributed by atoms with Gasteiger partial charge in [0.15, 0.2) is 0 Å². The Morgan fingerprint density at radius 2 is 1.74 bits per heavy atom. The number of aliphatic imine (C=N–C) groups is 1. The molecule has 1 aromatic heterocycles. The highest BCUT2D eigenvalue weighted by Crippen LogP contribution is 2.30. The van der Waals surface area contributed by atoms with Crippen molar-refractivity contribution in [3.8, 4) is 17.1 Å². The number of hydrogen-bond acceptors (Lipinski definition) is 9. The maximum absolute atomic E-state index is 11.5. The molecule has 248 valence electrons. The number of piperazine rings is 1. The van der Waals surface area contributed by atoms with E-state index >= 15 is 0 Å². The van der Waals surface area contributed by atoms with Crippen molar-refractivity contribution in [3.05, 3.63) is 69.7 Å². The Hall–Kier alpha value is -3.64. The highest BCUT2D eigenvalue weighted by atomic mass is 35.5. The Bertz CT molecular complexity index is 1420. The number of carboxylic acid groups (broad SMARTS) is 1. The SMILES string of the molecule is C=N/C(=C\C=C(/C)Oc1cc(CN2CCC(COC(=O)NC)CC2)cc(-c2cc(Cl)cc(Cl)c2)n1)N1CCN(CCC(=O)O)CC1. The average molecular weight is 674 g/mol. The lowest BCUT2D eigenvalue weighted by atomic mass is 9.97. The molecular weight excluding hydrogens is 631 g/mol. The van der Waals surface area contributed by atoms with E-state index in [-0.39, 0.29) is 6.42 Å². The number of halogens is 2. The average Bonchev–Trinajstić information content (AvgIpc) is 3.03. The highest BCUT2D eigenvalue weighted by Gasteiger charge is 2.22. The maximum Gasteiger partial charge on any atom is 0.406 e. The first-order valence-corrected chi connectivity index (χ1v) is 16.1. The summed E-state index contributed by atoms with van der Waals surface area (Å²) in [6, 6.07) is 9.32. The predicted octanol–water partition coefficient (Wildman–Crippen LogP) is 5.54. The van der Waals surface area contributed by atoms with Crippen LogP contribution in [-0.2, 0) is 16.1 Å². The van der Waals surface area contributed by atoms with Gasteiger partial charge >= 0.3 is 12.1 Å². The number of nitrogens with zero attached hydrogens (tertiary/aromatic N) is 5. The van der Waals surface area contributed by atoms with Crippen LogP contribution >= 0.6 is 23.2 Å². The van der Waals surface area contributed by atoms with E-state index in [1.807, 2.05) is 43.3 Å². The van der Waals surface area contributed by atoms with Crippen LogP contribution in [0.15, 0.2) is 59.1 Å². The minimum absolute atomic E-state index is 0.136. The first kappa shape index (κ1) is 35.2. The predicted molar refractivity (Wildman–Crippen MR) is 180 cm³/mol. The van der Waals surface area contributed by atoms with Crippen LogP contribution in [0.3, 0.4) is 0 Å². The quantitative estimate of drug-likeness (QED) is 0.161. The molecule has 2 fully saturated rings. The van der Waals surface area contributed by atoms with Gasteiger partial charge in [-0.3, -0.25) is 14.6 Å². The third-order valence-electron chi connectivity index (χ3n) is 8.02. The number of carbonyl (C=O) groups excluding carboxylic acids is 1. The van der Waals surface area contributed by atoms with E-state index < -0.39 is 12.1 Å². The molecule has 2 saturated heterocycles. The number of carbonyl (C=O) groups is 2. The van der Waals surface area contributed by atoms with Gasteiger partial charge in [0.05, 0.1) is 18.7 Å². The van der Waals surface area contributed by atoms with Crippen molar-refractivity contribution in [1.29, 1.82) is 0 Å². The zero-order valence-electron chi connectivity index (χ0n) is 26.4. The lowest BCUT2D eigenvalue weighted by molar-refractivity contribution is -0.137. The third kappa shape index (κ3) is 11.0. The van der Waals surface area contributed by atoms with Crippen molar-refractivity contribution in [2.45, 2.75) is 32.7 Å². The summed E-state index contributed by atoms with van der Waals surface area (Å²) in [7, 11) is 1.56. The van der Waals surface area contributed by atoms with Crippen molar-refractivity contribution < 1.29 is 24.2 Å². The molecule has 0 aliphatic carbocycles. The number of nitrogens with one attached hydrogen (secondary N) is 1. The summed E-state index contributed by atoms with van der Waals surface area (Å²) in [6.07, 6.45) is 5.33. The zero-order valence-corrected chi connectivity index (χ0v) is 27.9. The largest absolute Gasteiger partial charge is 0.481 e. The number of piperidine rings is 1. The number of allylic oxidation sites excluding steroid dienone is 3. The van der Waals surface area contributed by atoms with Crippen LogP contribution in [0.4, 0.5) is 4.79 Å². The molecule has 11 nitrogen and oxygen atoms in total. The number of alkyl carbamates (subject to hydrolysis) is 1. The van der Waals surface area contributed by atoms with Gasteiger partial charge in [0.25, 0.3) is 0 Å². The normalized spacial score (nSPS) is 17.1. The molecular formula is C33H42Cl2N6O5. The molecule has 0 bridgehead atoms. The van der Waals surface area contributed by atoms with Gasteiger partial charge in [-0.05, 0) is 87.5 Å². The van der Waals surface area contributed by atoms with Gasteiger partial charge in [0, 0.05) is 68.0 Å². The molecule has 46 heavy (non-hydrogen) atoms. The lowest BCUT2D eigenvalue weighted by Gasteiger charge is -2.35. The topological polar surface area (TPSA) is 120 Å². The number of hydrogen-bond donors (Lipinski definition) is 2. The Morgan fingerprint density at radius 3 is 2.37 bits per heavy atom. The van der Waals surface area contributed by atoms with E-state index in [2.05, 4.69) is 31.7 Å². The highest BCUT2D eigenvalue weighted by molar-refractivity contribution is 6.35. The molecule has 2 aromatic rings. The van der Waals surface area contributed by atoms with E-state index in [1.54, 1.807) is 13.1 Å². The Labute approximate surface area is 280 Å². The fourth-order valence-electron chi connectivity index (χ4n) is 5.49. The number of aromatic nitrogens is 1. The second-order valence-corrected chi connectivity index (χ2v) is 12.3. The first-order chi connectivity index (χ1) is 22.1. The molecule has 0 saturated carbocycles. The summed E-state index contributed by atoms with van der Waals surface area (Å²) in [6.45, 7) is 12.0. The molecule has 0 unspecified atom stereocenters. The van der Waals surface area contributed by atoms with Gasteiger partial charge in [0.1, 0.15) is 11.6 Å². The van der Waals surface area contributed by atoms with Crippen LogP contribution in [0.1, 0.15) is 31.7 Å². The number of ether oxygens (including phenoxy) is 2. The number of likely N-dealkylation sites (tertiary alicyclic amines) is 1. The molecule has 1 aromatic carbocycles. The van der Waals surface area contributed by atoms with Crippen molar-refractivity contribution in [2.24, 2.45) is 10.9 Å².